The summed E-state index contributed by atoms with van der Waals surface area (Å²) in [6.45, 7) is 4.69. The van der Waals surface area contributed by atoms with Crippen molar-refractivity contribution in [2.45, 2.75) is 19.1 Å². The van der Waals surface area contributed by atoms with E-state index < -0.39 is 20.8 Å². The minimum absolute atomic E-state index is 0.307. The van der Waals surface area contributed by atoms with E-state index in [0.717, 1.165) is 4.68 Å². The highest BCUT2D eigenvalue weighted by Crippen LogP contribution is 2.25. The van der Waals surface area contributed by atoms with Gasteiger partial charge in [0.15, 0.2) is 0 Å². The maximum Gasteiger partial charge on any atom is 0.315 e. The van der Waals surface area contributed by atoms with Crippen LogP contribution >= 0.6 is 0 Å². The van der Waals surface area contributed by atoms with Crippen LogP contribution in [0.4, 0.5) is 5.69 Å². The van der Waals surface area contributed by atoms with Gasteiger partial charge in [0.05, 0.1) is 17.1 Å². The molecule has 0 radical (unpaired) electrons. The fraction of sp³-hybridized carbons (Fsp3) is 0.412. The standard InChI is InChI=1S/C17H22N4O4S/c1-13(2)26(24,25)20-10-8-19(9-11-20)15-12-18-21(17(23)16(15)22)14-6-4-3-5-7-14/h3-7,12-13,22H,8-11H2,1-2H3. The Labute approximate surface area is 152 Å². The molecule has 1 fully saturated rings. The number of aromatic nitrogens is 2. The molecular formula is C17H22N4O4S. The number of benzene rings is 1. The summed E-state index contributed by atoms with van der Waals surface area (Å²) in [5.41, 5.74) is 0.280. The van der Waals surface area contributed by atoms with E-state index in [1.54, 1.807) is 43.0 Å². The summed E-state index contributed by atoms with van der Waals surface area (Å²) in [6, 6.07) is 8.84. The monoisotopic (exact) mass is 378 g/mol. The second kappa shape index (κ2) is 7.08. The third-order valence-corrected chi connectivity index (χ3v) is 6.75. The molecule has 0 saturated carbocycles. The minimum Gasteiger partial charge on any atom is -0.501 e. The van der Waals surface area contributed by atoms with Crippen LogP contribution in [0, 0.1) is 0 Å². The van der Waals surface area contributed by atoms with E-state index in [1.807, 2.05) is 6.07 Å². The van der Waals surface area contributed by atoms with E-state index in [1.165, 1.54) is 10.5 Å². The van der Waals surface area contributed by atoms with Crippen molar-refractivity contribution in [2.75, 3.05) is 31.1 Å². The van der Waals surface area contributed by atoms with Crippen LogP contribution in [0.3, 0.4) is 0 Å². The summed E-state index contributed by atoms with van der Waals surface area (Å²) in [6.07, 6.45) is 1.44. The largest absolute Gasteiger partial charge is 0.501 e. The highest BCUT2D eigenvalue weighted by molar-refractivity contribution is 7.89. The molecule has 0 aliphatic carbocycles. The van der Waals surface area contributed by atoms with Crippen LogP contribution in [0.15, 0.2) is 41.3 Å². The van der Waals surface area contributed by atoms with Gasteiger partial charge in [0, 0.05) is 26.2 Å². The Balaban J connectivity index is 1.82. The van der Waals surface area contributed by atoms with Crippen molar-refractivity contribution in [3.8, 4) is 11.4 Å². The zero-order valence-corrected chi connectivity index (χ0v) is 15.6. The van der Waals surface area contributed by atoms with Crippen molar-refractivity contribution in [2.24, 2.45) is 0 Å². The van der Waals surface area contributed by atoms with Crippen molar-refractivity contribution in [1.82, 2.24) is 14.1 Å². The Hall–Kier alpha value is -2.39. The lowest BCUT2D eigenvalue weighted by molar-refractivity contribution is 0.377. The fourth-order valence-corrected chi connectivity index (χ4v) is 4.17. The molecule has 0 spiro atoms. The Morgan fingerprint density at radius 3 is 2.27 bits per heavy atom. The molecule has 1 saturated heterocycles. The first-order valence-electron chi connectivity index (χ1n) is 8.43. The van der Waals surface area contributed by atoms with Crippen molar-refractivity contribution < 1.29 is 13.5 Å². The zero-order chi connectivity index (χ0) is 18.9. The molecule has 26 heavy (non-hydrogen) atoms. The van der Waals surface area contributed by atoms with Crippen molar-refractivity contribution >= 4 is 15.7 Å². The Kier molecular flexibility index (Phi) is 5.01. The molecule has 1 aliphatic heterocycles. The number of sulfonamides is 1. The predicted octanol–water partition coefficient (Wildman–Crippen LogP) is 0.798. The van der Waals surface area contributed by atoms with Gasteiger partial charge in [-0.2, -0.15) is 14.1 Å². The number of aromatic hydroxyl groups is 1. The molecule has 0 unspecified atom stereocenters. The van der Waals surface area contributed by atoms with Gasteiger partial charge < -0.3 is 10.0 Å². The second-order valence-corrected chi connectivity index (χ2v) is 8.90. The van der Waals surface area contributed by atoms with E-state index in [0.29, 0.717) is 37.6 Å². The number of piperazine rings is 1. The molecule has 8 nitrogen and oxygen atoms in total. The van der Waals surface area contributed by atoms with Gasteiger partial charge in [0.1, 0.15) is 5.69 Å². The fourth-order valence-electron chi connectivity index (χ4n) is 2.90. The van der Waals surface area contributed by atoms with Crippen LogP contribution in [0.25, 0.3) is 5.69 Å². The van der Waals surface area contributed by atoms with E-state index in [4.69, 9.17) is 0 Å². The molecule has 0 bridgehead atoms. The van der Waals surface area contributed by atoms with Crippen molar-refractivity contribution in [3.63, 3.8) is 0 Å². The van der Waals surface area contributed by atoms with E-state index in [2.05, 4.69) is 5.10 Å². The molecule has 9 heteroatoms. The van der Waals surface area contributed by atoms with Crippen LogP contribution in [-0.4, -0.2) is 59.0 Å². The lowest BCUT2D eigenvalue weighted by Gasteiger charge is -2.36. The number of hydrogen-bond acceptors (Lipinski definition) is 6. The first-order valence-corrected chi connectivity index (χ1v) is 9.93. The van der Waals surface area contributed by atoms with Gasteiger partial charge in [-0.15, -0.1) is 0 Å². The lowest BCUT2D eigenvalue weighted by Crippen LogP contribution is -2.50. The van der Waals surface area contributed by atoms with Crippen LogP contribution in [-0.2, 0) is 10.0 Å². The molecule has 1 aliphatic rings. The van der Waals surface area contributed by atoms with Gasteiger partial charge in [0.25, 0.3) is 0 Å². The SMILES string of the molecule is CC(C)S(=O)(=O)N1CCN(c2cnn(-c3ccccc3)c(=O)c2O)CC1. The molecule has 3 rings (SSSR count). The molecule has 0 amide bonds. The molecule has 1 aromatic carbocycles. The predicted molar refractivity (Wildman–Crippen MR) is 99.3 cm³/mol. The number of nitrogens with zero attached hydrogens (tertiary/aromatic N) is 4. The Morgan fingerprint density at radius 2 is 1.69 bits per heavy atom. The third kappa shape index (κ3) is 3.32. The summed E-state index contributed by atoms with van der Waals surface area (Å²) < 4.78 is 27.1. The maximum atomic E-state index is 12.5. The van der Waals surface area contributed by atoms with Crippen LogP contribution in [0.5, 0.6) is 5.75 Å². The highest BCUT2D eigenvalue weighted by atomic mass is 32.2. The quantitative estimate of drug-likeness (QED) is 0.845. The van der Waals surface area contributed by atoms with Gasteiger partial charge in [-0.25, -0.2) is 8.42 Å². The van der Waals surface area contributed by atoms with Crippen LogP contribution in [0.1, 0.15) is 13.8 Å². The Bertz CT molecular complexity index is 933. The molecular weight excluding hydrogens is 356 g/mol. The zero-order valence-electron chi connectivity index (χ0n) is 14.7. The summed E-state index contributed by atoms with van der Waals surface area (Å²) in [5.74, 6) is -0.385. The molecule has 1 N–H and O–H groups in total. The van der Waals surface area contributed by atoms with Crippen LogP contribution < -0.4 is 10.5 Å². The average molecular weight is 378 g/mol. The average Bonchev–Trinajstić information content (AvgIpc) is 2.64. The topological polar surface area (TPSA) is 95.7 Å². The summed E-state index contributed by atoms with van der Waals surface area (Å²) >= 11 is 0. The van der Waals surface area contributed by atoms with Gasteiger partial charge in [-0.3, -0.25) is 4.79 Å². The first-order chi connectivity index (χ1) is 12.3. The van der Waals surface area contributed by atoms with Gasteiger partial charge >= 0.3 is 5.56 Å². The first kappa shape index (κ1) is 18.4. The smallest absolute Gasteiger partial charge is 0.315 e. The third-order valence-electron chi connectivity index (χ3n) is 4.47. The molecule has 2 heterocycles. The second-order valence-electron chi connectivity index (χ2n) is 6.41. The molecule has 0 atom stereocenters. The number of anilines is 1. The normalized spacial score (nSPS) is 16.2. The van der Waals surface area contributed by atoms with E-state index in [9.17, 15) is 18.3 Å². The van der Waals surface area contributed by atoms with Crippen molar-refractivity contribution in [1.29, 1.82) is 0 Å². The molecule has 1 aromatic heterocycles. The maximum absolute atomic E-state index is 12.5. The minimum atomic E-state index is -3.30. The van der Waals surface area contributed by atoms with E-state index in [-0.39, 0.29) is 5.75 Å². The van der Waals surface area contributed by atoms with E-state index >= 15 is 0 Å². The molecule has 140 valence electrons. The molecule has 2 aromatic rings. The lowest BCUT2D eigenvalue weighted by atomic mass is 10.3. The highest BCUT2D eigenvalue weighted by Gasteiger charge is 2.30. The summed E-state index contributed by atoms with van der Waals surface area (Å²) in [5, 5.41) is 14.0. The number of para-hydroxylation sites is 1. The number of rotatable bonds is 4. The van der Waals surface area contributed by atoms with Crippen molar-refractivity contribution in [3.05, 3.63) is 46.9 Å². The van der Waals surface area contributed by atoms with Gasteiger partial charge in [0.2, 0.25) is 15.8 Å². The van der Waals surface area contributed by atoms with Crippen LogP contribution in [0.2, 0.25) is 0 Å². The summed E-state index contributed by atoms with van der Waals surface area (Å²) in [4.78, 5) is 14.2. The number of hydrogen-bond donors (Lipinski definition) is 1. The van der Waals surface area contributed by atoms with Gasteiger partial charge in [-0.1, -0.05) is 18.2 Å². The summed E-state index contributed by atoms with van der Waals surface area (Å²) in [7, 11) is -3.30. The Morgan fingerprint density at radius 1 is 1.08 bits per heavy atom. The van der Waals surface area contributed by atoms with Gasteiger partial charge in [-0.05, 0) is 26.0 Å².